The van der Waals surface area contributed by atoms with Crippen LogP contribution in [-0.4, -0.2) is 34.3 Å². The molecule has 1 amide bonds. The Morgan fingerprint density at radius 1 is 0.700 bits per heavy atom. The molecule has 156 valence electrons. The number of amides is 1. The van der Waals surface area contributed by atoms with Gasteiger partial charge >= 0.3 is 0 Å². The molecule has 6 nitrogen and oxygen atoms in total. The van der Waals surface area contributed by atoms with Crippen molar-refractivity contribution in [1.82, 2.24) is 5.32 Å². The van der Waals surface area contributed by atoms with E-state index in [9.17, 15) is 4.79 Å². The minimum Gasteiger partial charge on any atom is -0.497 e. The van der Waals surface area contributed by atoms with Gasteiger partial charge in [0.2, 0.25) is 0 Å². The van der Waals surface area contributed by atoms with Crippen LogP contribution in [0, 0.1) is 0 Å². The third-order valence-electron chi connectivity index (χ3n) is 4.82. The van der Waals surface area contributed by atoms with E-state index < -0.39 is 6.04 Å². The molecule has 3 rings (SSSR count). The first kappa shape index (κ1) is 21.0. The van der Waals surface area contributed by atoms with Crippen molar-refractivity contribution in [2.24, 2.45) is 0 Å². The van der Waals surface area contributed by atoms with Crippen LogP contribution in [0.2, 0.25) is 0 Å². The Labute approximate surface area is 176 Å². The number of carbonyl (C=O) groups is 1. The molecule has 3 aromatic carbocycles. The molecule has 1 N–H and O–H groups in total. The van der Waals surface area contributed by atoms with E-state index in [1.807, 2.05) is 48.5 Å². The summed E-state index contributed by atoms with van der Waals surface area (Å²) in [4.78, 5) is 13.1. The molecule has 0 spiro atoms. The van der Waals surface area contributed by atoms with Crippen LogP contribution in [0.4, 0.5) is 0 Å². The van der Waals surface area contributed by atoms with E-state index in [0.717, 1.165) is 16.9 Å². The van der Waals surface area contributed by atoms with Crippen LogP contribution in [0.5, 0.6) is 23.0 Å². The van der Waals surface area contributed by atoms with E-state index in [0.29, 0.717) is 22.8 Å². The Bertz CT molecular complexity index is 1000. The van der Waals surface area contributed by atoms with E-state index in [1.165, 1.54) is 0 Å². The lowest BCUT2D eigenvalue weighted by Crippen LogP contribution is -2.29. The van der Waals surface area contributed by atoms with Crippen LogP contribution in [0.1, 0.15) is 27.5 Å². The predicted octanol–water partition coefficient (Wildman–Crippen LogP) is 4.24. The summed E-state index contributed by atoms with van der Waals surface area (Å²) < 4.78 is 21.4. The highest BCUT2D eigenvalue weighted by Crippen LogP contribution is 2.33. The summed E-state index contributed by atoms with van der Waals surface area (Å²) >= 11 is 0. The zero-order valence-corrected chi connectivity index (χ0v) is 17.5. The first-order chi connectivity index (χ1) is 14.6. The number of hydrogen-bond donors (Lipinski definition) is 1. The number of hydrogen-bond acceptors (Lipinski definition) is 5. The largest absolute Gasteiger partial charge is 0.497 e. The van der Waals surface area contributed by atoms with Gasteiger partial charge in [-0.15, -0.1) is 0 Å². The summed E-state index contributed by atoms with van der Waals surface area (Å²) in [6, 6.07) is 19.8. The van der Waals surface area contributed by atoms with Gasteiger partial charge in [0.15, 0.2) is 11.5 Å². The lowest BCUT2D eigenvalue weighted by Gasteiger charge is -2.22. The average molecular weight is 407 g/mol. The molecule has 0 aliphatic rings. The zero-order valence-electron chi connectivity index (χ0n) is 17.5. The Morgan fingerprint density at radius 3 is 1.97 bits per heavy atom. The van der Waals surface area contributed by atoms with Gasteiger partial charge in [-0.2, -0.15) is 0 Å². The second kappa shape index (κ2) is 9.69. The Kier molecular flexibility index (Phi) is 6.80. The standard InChI is InChI=1S/C24H25NO5/c1-27-18-12-9-16(10-13-18)23(17-11-14-21(29-3)22(15-17)30-4)25-24(26)19-7-5-6-8-20(19)28-2/h5-15,23H,1-4H3,(H,25,26). The smallest absolute Gasteiger partial charge is 0.255 e. The van der Waals surface area contributed by atoms with Crippen LogP contribution >= 0.6 is 0 Å². The van der Waals surface area contributed by atoms with Gasteiger partial charge in [0, 0.05) is 0 Å². The normalized spacial score (nSPS) is 11.3. The topological polar surface area (TPSA) is 66.0 Å². The molecule has 0 saturated carbocycles. The lowest BCUT2D eigenvalue weighted by atomic mass is 9.97. The minimum atomic E-state index is -0.423. The monoisotopic (exact) mass is 407 g/mol. The Hall–Kier alpha value is -3.67. The third-order valence-corrected chi connectivity index (χ3v) is 4.82. The molecule has 0 radical (unpaired) electrons. The Morgan fingerprint density at radius 2 is 1.33 bits per heavy atom. The van der Waals surface area contributed by atoms with Crippen LogP contribution in [-0.2, 0) is 0 Å². The summed E-state index contributed by atoms with van der Waals surface area (Å²) in [5.74, 6) is 2.20. The van der Waals surface area contributed by atoms with Crippen molar-refractivity contribution in [3.8, 4) is 23.0 Å². The van der Waals surface area contributed by atoms with Crippen molar-refractivity contribution in [3.05, 3.63) is 83.4 Å². The number of ether oxygens (including phenoxy) is 4. The molecule has 1 atom stereocenters. The van der Waals surface area contributed by atoms with Crippen molar-refractivity contribution < 1.29 is 23.7 Å². The molecule has 0 fully saturated rings. The van der Waals surface area contributed by atoms with Crippen LogP contribution in [0.25, 0.3) is 0 Å². The maximum Gasteiger partial charge on any atom is 0.255 e. The fraction of sp³-hybridized carbons (Fsp3) is 0.208. The second-order valence-corrected chi connectivity index (χ2v) is 6.49. The number of benzene rings is 3. The molecule has 0 aliphatic heterocycles. The van der Waals surface area contributed by atoms with Gasteiger partial charge in [0.05, 0.1) is 40.0 Å². The molecule has 0 aliphatic carbocycles. The van der Waals surface area contributed by atoms with E-state index in [4.69, 9.17) is 18.9 Å². The number of para-hydroxylation sites is 1. The number of methoxy groups -OCH3 is 4. The van der Waals surface area contributed by atoms with E-state index in [1.54, 1.807) is 46.6 Å². The van der Waals surface area contributed by atoms with Crippen molar-refractivity contribution in [2.75, 3.05) is 28.4 Å². The molecule has 0 aromatic heterocycles. The fourth-order valence-electron chi connectivity index (χ4n) is 3.23. The van der Waals surface area contributed by atoms with E-state index in [-0.39, 0.29) is 5.91 Å². The maximum atomic E-state index is 13.1. The highest BCUT2D eigenvalue weighted by Gasteiger charge is 2.21. The SMILES string of the molecule is COc1ccc(C(NC(=O)c2ccccc2OC)c2ccc(OC)c(OC)c2)cc1. The Balaban J connectivity index is 2.02. The van der Waals surface area contributed by atoms with Gasteiger partial charge in [-0.1, -0.05) is 30.3 Å². The predicted molar refractivity (Wildman–Crippen MR) is 115 cm³/mol. The molecular weight excluding hydrogens is 382 g/mol. The van der Waals surface area contributed by atoms with Gasteiger partial charge in [0.1, 0.15) is 11.5 Å². The number of carbonyl (C=O) groups excluding carboxylic acids is 1. The van der Waals surface area contributed by atoms with Crippen molar-refractivity contribution in [3.63, 3.8) is 0 Å². The van der Waals surface area contributed by atoms with E-state index in [2.05, 4.69) is 5.32 Å². The maximum absolute atomic E-state index is 13.1. The van der Waals surface area contributed by atoms with Gasteiger partial charge in [-0.3, -0.25) is 4.79 Å². The minimum absolute atomic E-state index is 0.247. The fourth-order valence-corrected chi connectivity index (χ4v) is 3.23. The molecule has 6 heteroatoms. The first-order valence-electron chi connectivity index (χ1n) is 9.41. The van der Waals surface area contributed by atoms with E-state index >= 15 is 0 Å². The molecule has 0 bridgehead atoms. The summed E-state index contributed by atoms with van der Waals surface area (Å²) in [6.07, 6.45) is 0. The molecule has 0 saturated heterocycles. The average Bonchev–Trinajstić information content (AvgIpc) is 2.82. The first-order valence-corrected chi connectivity index (χ1v) is 9.41. The summed E-state index contributed by atoms with van der Waals surface area (Å²) in [5, 5.41) is 3.11. The molecule has 1 unspecified atom stereocenters. The van der Waals surface area contributed by atoms with Crippen LogP contribution < -0.4 is 24.3 Å². The number of rotatable bonds is 8. The quantitative estimate of drug-likeness (QED) is 0.605. The van der Waals surface area contributed by atoms with Crippen molar-refractivity contribution in [2.45, 2.75) is 6.04 Å². The molecule has 0 heterocycles. The highest BCUT2D eigenvalue weighted by atomic mass is 16.5. The van der Waals surface area contributed by atoms with Gasteiger partial charge in [-0.05, 0) is 47.5 Å². The third kappa shape index (κ3) is 4.49. The van der Waals surface area contributed by atoms with Crippen molar-refractivity contribution >= 4 is 5.91 Å². The summed E-state index contributed by atoms with van der Waals surface area (Å²) in [6.45, 7) is 0. The van der Waals surface area contributed by atoms with Gasteiger partial charge in [0.25, 0.3) is 5.91 Å². The summed E-state index contributed by atoms with van der Waals surface area (Å²) in [5.41, 5.74) is 2.20. The van der Waals surface area contributed by atoms with Gasteiger partial charge < -0.3 is 24.3 Å². The zero-order chi connectivity index (χ0) is 21.5. The molecule has 30 heavy (non-hydrogen) atoms. The molecule has 3 aromatic rings. The summed E-state index contributed by atoms with van der Waals surface area (Å²) in [7, 11) is 6.32. The van der Waals surface area contributed by atoms with Gasteiger partial charge in [-0.25, -0.2) is 0 Å². The molecular formula is C24H25NO5. The van der Waals surface area contributed by atoms with Crippen LogP contribution in [0.15, 0.2) is 66.7 Å². The second-order valence-electron chi connectivity index (χ2n) is 6.49. The van der Waals surface area contributed by atoms with Crippen molar-refractivity contribution in [1.29, 1.82) is 0 Å². The highest BCUT2D eigenvalue weighted by molar-refractivity contribution is 5.97. The number of nitrogens with one attached hydrogen (secondary N) is 1. The van der Waals surface area contributed by atoms with Crippen LogP contribution in [0.3, 0.4) is 0 Å². The lowest BCUT2D eigenvalue weighted by molar-refractivity contribution is 0.0940.